The number of halogens is 1. The molecular weight excluding hydrogens is 282 g/mol. The largest absolute Gasteiger partial charge is 0.277 e. The van der Waals surface area contributed by atoms with Gasteiger partial charge in [0.25, 0.3) is 10.0 Å². The summed E-state index contributed by atoms with van der Waals surface area (Å²) in [7, 11) is -3.63. The Morgan fingerprint density at radius 1 is 1.41 bits per heavy atom. The highest BCUT2D eigenvalue weighted by atomic mass is 35.5. The van der Waals surface area contributed by atoms with Crippen molar-refractivity contribution in [2.24, 2.45) is 0 Å². The minimum atomic E-state index is -3.63. The number of nitrogens with one attached hydrogen (secondary N) is 1. The molecular formula is C9H8ClN3O2S2. The summed E-state index contributed by atoms with van der Waals surface area (Å²) in [4.78, 5) is 7.56. The fraction of sp³-hybridized carbons (Fsp3) is 0.111. The molecule has 0 atom stereocenters. The molecule has 0 unspecified atom stereocenters. The van der Waals surface area contributed by atoms with Crippen molar-refractivity contribution in [2.75, 3.05) is 4.72 Å². The molecule has 0 spiro atoms. The lowest BCUT2D eigenvalue weighted by Crippen LogP contribution is -2.12. The van der Waals surface area contributed by atoms with Gasteiger partial charge in [-0.05, 0) is 18.6 Å². The van der Waals surface area contributed by atoms with Crippen molar-refractivity contribution in [1.82, 2.24) is 9.97 Å². The smallest absolute Gasteiger partial charge is 0.273 e. The van der Waals surface area contributed by atoms with E-state index in [1.54, 1.807) is 19.2 Å². The normalized spacial score (nSPS) is 11.4. The van der Waals surface area contributed by atoms with Gasteiger partial charge >= 0.3 is 0 Å². The van der Waals surface area contributed by atoms with Crippen LogP contribution < -0.4 is 4.72 Å². The minimum Gasteiger partial charge on any atom is -0.277 e. The van der Waals surface area contributed by atoms with Gasteiger partial charge < -0.3 is 0 Å². The number of hydrogen-bond donors (Lipinski definition) is 1. The van der Waals surface area contributed by atoms with Gasteiger partial charge in [-0.2, -0.15) is 0 Å². The van der Waals surface area contributed by atoms with Crippen LogP contribution in [0.3, 0.4) is 0 Å². The highest BCUT2D eigenvalue weighted by molar-refractivity contribution is 7.94. The van der Waals surface area contributed by atoms with E-state index in [0.717, 1.165) is 16.9 Å². The van der Waals surface area contributed by atoms with Crippen molar-refractivity contribution < 1.29 is 8.42 Å². The molecule has 1 N–H and O–H groups in total. The zero-order chi connectivity index (χ0) is 12.5. The third-order valence-electron chi connectivity index (χ3n) is 2.00. The first-order valence-corrected chi connectivity index (χ1v) is 7.21. The second-order valence-corrected chi connectivity index (χ2v) is 6.75. The molecule has 0 aliphatic rings. The summed E-state index contributed by atoms with van der Waals surface area (Å²) < 4.78 is 26.6. The summed E-state index contributed by atoms with van der Waals surface area (Å²) in [5, 5.41) is 0. The van der Waals surface area contributed by atoms with Crippen LogP contribution in [0.15, 0.2) is 28.9 Å². The lowest BCUT2D eigenvalue weighted by atomic mass is 10.3. The summed E-state index contributed by atoms with van der Waals surface area (Å²) in [5.74, 6) is 0. The van der Waals surface area contributed by atoms with Crippen LogP contribution in [0.4, 0.5) is 5.69 Å². The maximum absolute atomic E-state index is 11.9. The van der Waals surface area contributed by atoms with Gasteiger partial charge in [-0.1, -0.05) is 22.9 Å². The average Bonchev–Trinajstić information content (AvgIpc) is 2.69. The van der Waals surface area contributed by atoms with Crippen LogP contribution in [0.2, 0.25) is 4.47 Å². The fourth-order valence-electron chi connectivity index (χ4n) is 1.13. The van der Waals surface area contributed by atoms with E-state index in [0.29, 0.717) is 5.69 Å². The zero-order valence-corrected chi connectivity index (χ0v) is 11.1. The quantitative estimate of drug-likeness (QED) is 0.941. The molecule has 2 aromatic heterocycles. The van der Waals surface area contributed by atoms with Crippen molar-refractivity contribution in [3.05, 3.63) is 34.7 Å². The van der Waals surface area contributed by atoms with Crippen molar-refractivity contribution in [3.8, 4) is 0 Å². The molecule has 8 heteroatoms. The van der Waals surface area contributed by atoms with Crippen LogP contribution in [0.25, 0.3) is 0 Å². The molecule has 2 heterocycles. The Labute approximate surface area is 108 Å². The van der Waals surface area contributed by atoms with E-state index in [9.17, 15) is 8.42 Å². The van der Waals surface area contributed by atoms with Crippen molar-refractivity contribution in [2.45, 2.75) is 11.1 Å². The maximum Gasteiger partial charge on any atom is 0.273 e. The molecule has 5 nitrogen and oxygen atoms in total. The zero-order valence-electron chi connectivity index (χ0n) is 8.71. The highest BCUT2D eigenvalue weighted by Crippen LogP contribution is 2.25. The Bertz CT molecular complexity index is 639. The second kappa shape index (κ2) is 4.59. The Balaban J connectivity index is 2.33. The number of aromatic nitrogens is 2. The number of hydrogen-bond acceptors (Lipinski definition) is 5. The first-order chi connectivity index (χ1) is 7.99. The van der Waals surface area contributed by atoms with E-state index >= 15 is 0 Å². The number of anilines is 1. The summed E-state index contributed by atoms with van der Waals surface area (Å²) >= 11 is 6.51. The van der Waals surface area contributed by atoms with Crippen LogP contribution in [0.5, 0.6) is 0 Å². The van der Waals surface area contributed by atoms with E-state index in [2.05, 4.69) is 14.7 Å². The monoisotopic (exact) mass is 289 g/mol. The summed E-state index contributed by atoms with van der Waals surface area (Å²) in [5.41, 5.74) is 1.23. The number of nitrogens with zero attached hydrogens (tertiary/aromatic N) is 2. The van der Waals surface area contributed by atoms with Gasteiger partial charge in [0.2, 0.25) is 0 Å². The van der Waals surface area contributed by atoms with Gasteiger partial charge in [0.05, 0.1) is 18.1 Å². The summed E-state index contributed by atoms with van der Waals surface area (Å²) in [6.07, 6.45) is 4.27. The third-order valence-corrected chi connectivity index (χ3v) is 4.95. The van der Waals surface area contributed by atoms with E-state index < -0.39 is 10.0 Å². The van der Waals surface area contributed by atoms with Gasteiger partial charge in [0.15, 0.2) is 8.68 Å². The molecule has 0 saturated heterocycles. The SMILES string of the molecule is Cc1ccncc1NS(=O)(=O)c1cnc(Cl)s1. The molecule has 0 amide bonds. The molecule has 0 radical (unpaired) electrons. The molecule has 2 aromatic rings. The first-order valence-electron chi connectivity index (χ1n) is 4.54. The summed E-state index contributed by atoms with van der Waals surface area (Å²) in [6.45, 7) is 1.79. The molecule has 0 aliphatic carbocycles. The Morgan fingerprint density at radius 3 is 2.76 bits per heavy atom. The van der Waals surface area contributed by atoms with Crippen molar-refractivity contribution >= 4 is 38.6 Å². The van der Waals surface area contributed by atoms with E-state index in [1.807, 2.05) is 0 Å². The third kappa shape index (κ3) is 2.74. The van der Waals surface area contributed by atoms with Crippen LogP contribution in [0.1, 0.15) is 5.56 Å². The topological polar surface area (TPSA) is 72.0 Å². The standard InChI is InChI=1S/C9H8ClN3O2S2/c1-6-2-3-11-4-7(6)13-17(14,15)8-5-12-9(10)16-8/h2-5,13H,1H3. The number of rotatable bonds is 3. The van der Waals surface area contributed by atoms with Crippen molar-refractivity contribution in [3.63, 3.8) is 0 Å². The molecule has 0 fully saturated rings. The predicted octanol–water partition coefficient (Wildman–Crippen LogP) is 2.30. The van der Waals surface area contributed by atoms with Crippen LogP contribution in [-0.4, -0.2) is 18.4 Å². The summed E-state index contributed by atoms with van der Waals surface area (Å²) in [6, 6.07) is 1.72. The molecule has 90 valence electrons. The highest BCUT2D eigenvalue weighted by Gasteiger charge is 2.18. The lowest BCUT2D eigenvalue weighted by Gasteiger charge is -2.07. The van der Waals surface area contributed by atoms with Crippen molar-refractivity contribution in [1.29, 1.82) is 0 Å². The molecule has 0 bridgehead atoms. The molecule has 0 aromatic carbocycles. The van der Waals surface area contributed by atoms with Crippen LogP contribution >= 0.6 is 22.9 Å². The van der Waals surface area contributed by atoms with Gasteiger partial charge in [0, 0.05) is 6.20 Å². The number of pyridine rings is 1. The fourth-order valence-corrected chi connectivity index (χ4v) is 3.54. The van der Waals surface area contributed by atoms with E-state index in [1.165, 1.54) is 12.4 Å². The number of aryl methyl sites for hydroxylation is 1. The lowest BCUT2D eigenvalue weighted by molar-refractivity contribution is 0.603. The predicted molar refractivity (Wildman–Crippen MR) is 66.9 cm³/mol. The molecule has 2 rings (SSSR count). The Morgan fingerprint density at radius 2 is 2.18 bits per heavy atom. The Hall–Kier alpha value is -1.18. The Kier molecular flexibility index (Phi) is 3.32. The molecule has 0 aliphatic heterocycles. The van der Waals surface area contributed by atoms with Gasteiger partial charge in [-0.3, -0.25) is 9.71 Å². The van der Waals surface area contributed by atoms with Gasteiger partial charge in [0.1, 0.15) is 0 Å². The second-order valence-electron chi connectivity index (χ2n) is 3.23. The maximum atomic E-state index is 11.9. The van der Waals surface area contributed by atoms with E-state index in [-0.39, 0.29) is 8.68 Å². The molecule has 0 saturated carbocycles. The average molecular weight is 290 g/mol. The number of sulfonamides is 1. The number of thiazole rings is 1. The first kappa shape index (κ1) is 12.3. The van der Waals surface area contributed by atoms with E-state index in [4.69, 9.17) is 11.6 Å². The van der Waals surface area contributed by atoms with Crippen LogP contribution in [-0.2, 0) is 10.0 Å². The minimum absolute atomic E-state index is 0.0748. The van der Waals surface area contributed by atoms with Crippen LogP contribution in [0, 0.1) is 6.92 Å². The van der Waals surface area contributed by atoms with Gasteiger partial charge in [-0.15, -0.1) is 0 Å². The van der Waals surface area contributed by atoms with Gasteiger partial charge in [-0.25, -0.2) is 13.4 Å². The molecule has 17 heavy (non-hydrogen) atoms.